The molecule has 0 saturated heterocycles. The molecular formula is C22H25FIN5O2S2. The van der Waals surface area contributed by atoms with Gasteiger partial charge in [0.2, 0.25) is 0 Å². The third kappa shape index (κ3) is 5.81. The lowest BCUT2D eigenvalue weighted by molar-refractivity contribution is -0.108. The second-order valence-corrected chi connectivity index (χ2v) is 11.0. The number of hydrogen-bond donors (Lipinski definition) is 1. The number of nitrogens with zero attached hydrogens (tertiary/aromatic N) is 4. The smallest absolute Gasteiger partial charge is 0.165 e. The quantitative estimate of drug-likeness (QED) is 0.203. The van der Waals surface area contributed by atoms with E-state index < -0.39 is 5.82 Å². The van der Waals surface area contributed by atoms with Crippen molar-refractivity contribution in [3.63, 3.8) is 0 Å². The van der Waals surface area contributed by atoms with Gasteiger partial charge < -0.3 is 14.8 Å². The highest BCUT2D eigenvalue weighted by Gasteiger charge is 2.26. The molecule has 0 saturated carbocycles. The van der Waals surface area contributed by atoms with Gasteiger partial charge in [0, 0.05) is 74.2 Å². The average Bonchev–Trinajstić information content (AvgIpc) is 3.37. The standard InChI is InChI=1S/C20H19FIN5OS2.C2H6O/c1-20(2,3)15(4-6-28)24-16-12-5-7-29-19(12)26-17(25-16)14-10-27(30-22)18-13(14)8-11(21)9-23-18;1-3-2/h5-10,15H,4H2,1-3H3,(H,24,25,26);1-2H3. The van der Waals surface area contributed by atoms with Crippen LogP contribution in [0.3, 0.4) is 0 Å². The highest BCUT2D eigenvalue weighted by atomic mass is 127. The Morgan fingerprint density at radius 3 is 2.70 bits per heavy atom. The van der Waals surface area contributed by atoms with Crippen LogP contribution in [0.1, 0.15) is 27.2 Å². The Bertz CT molecular complexity index is 1260. The molecule has 7 nitrogen and oxygen atoms in total. The second kappa shape index (κ2) is 11.1. The highest BCUT2D eigenvalue weighted by Crippen LogP contribution is 2.36. The number of carbonyl (C=O) groups excluding carboxylic acids is 1. The fraction of sp³-hybridized carbons (Fsp3) is 0.364. The van der Waals surface area contributed by atoms with Gasteiger partial charge >= 0.3 is 0 Å². The Hall–Kier alpha value is -1.83. The van der Waals surface area contributed by atoms with Gasteiger partial charge in [-0.25, -0.2) is 19.3 Å². The number of nitrogens with one attached hydrogen (secondary N) is 1. The lowest BCUT2D eigenvalue weighted by Crippen LogP contribution is -2.34. The summed E-state index contributed by atoms with van der Waals surface area (Å²) in [7, 11) is 4.69. The van der Waals surface area contributed by atoms with Crippen LogP contribution < -0.4 is 5.32 Å². The zero-order chi connectivity index (χ0) is 24.2. The van der Waals surface area contributed by atoms with Crippen molar-refractivity contribution in [2.75, 3.05) is 19.5 Å². The molecule has 0 bridgehead atoms. The lowest BCUT2D eigenvalue weighted by Gasteiger charge is -2.30. The summed E-state index contributed by atoms with van der Waals surface area (Å²) in [5.74, 6) is 0.757. The van der Waals surface area contributed by atoms with E-state index in [1.165, 1.54) is 32.7 Å². The van der Waals surface area contributed by atoms with Crippen molar-refractivity contribution < 1.29 is 13.9 Å². The molecule has 1 N–H and O–H groups in total. The lowest BCUT2D eigenvalue weighted by atomic mass is 9.85. The van der Waals surface area contributed by atoms with Gasteiger partial charge in [0.25, 0.3) is 0 Å². The molecule has 4 heterocycles. The maximum Gasteiger partial charge on any atom is 0.165 e. The molecular weight excluding hydrogens is 576 g/mol. The maximum atomic E-state index is 14.0. The van der Waals surface area contributed by atoms with E-state index in [4.69, 9.17) is 9.97 Å². The van der Waals surface area contributed by atoms with Crippen molar-refractivity contribution in [1.29, 1.82) is 0 Å². The molecule has 4 rings (SSSR count). The summed E-state index contributed by atoms with van der Waals surface area (Å²) in [5, 5.41) is 6.98. The van der Waals surface area contributed by atoms with E-state index in [-0.39, 0.29) is 11.5 Å². The number of thiophene rings is 1. The first kappa shape index (κ1) is 25.8. The number of carbonyl (C=O) groups is 1. The summed E-state index contributed by atoms with van der Waals surface area (Å²) in [4.78, 5) is 25.8. The maximum absolute atomic E-state index is 14.0. The number of fused-ring (bicyclic) bond motifs is 2. The van der Waals surface area contributed by atoms with Crippen LogP contribution in [0.2, 0.25) is 0 Å². The van der Waals surface area contributed by atoms with E-state index in [0.717, 1.165) is 16.5 Å². The number of hydrogen-bond acceptors (Lipinski definition) is 8. The van der Waals surface area contributed by atoms with Gasteiger partial charge in [-0.15, -0.1) is 11.3 Å². The minimum Gasteiger partial charge on any atom is -0.388 e. The van der Waals surface area contributed by atoms with Crippen LogP contribution in [-0.4, -0.2) is 45.5 Å². The van der Waals surface area contributed by atoms with Crippen LogP contribution in [-0.2, 0) is 9.53 Å². The van der Waals surface area contributed by atoms with Gasteiger partial charge in [0.05, 0.1) is 11.6 Å². The minimum atomic E-state index is -0.408. The van der Waals surface area contributed by atoms with Crippen LogP contribution in [0.5, 0.6) is 0 Å². The van der Waals surface area contributed by atoms with E-state index in [1.54, 1.807) is 14.2 Å². The Kier molecular flexibility index (Phi) is 8.65. The summed E-state index contributed by atoms with van der Waals surface area (Å²) in [5.41, 5.74) is 1.22. The third-order valence-corrected chi connectivity index (χ3v) is 7.41. The average molecular weight is 602 g/mol. The van der Waals surface area contributed by atoms with Crippen LogP contribution in [0.15, 0.2) is 29.9 Å². The summed E-state index contributed by atoms with van der Waals surface area (Å²) >= 11 is 3.67. The van der Waals surface area contributed by atoms with Crippen LogP contribution >= 0.6 is 41.7 Å². The monoisotopic (exact) mass is 601 g/mol. The zero-order valence-electron chi connectivity index (χ0n) is 18.9. The van der Waals surface area contributed by atoms with Gasteiger partial charge in [0.15, 0.2) is 11.5 Å². The van der Waals surface area contributed by atoms with Crippen LogP contribution in [0, 0.1) is 11.2 Å². The molecule has 0 radical (unpaired) electrons. The number of rotatable bonds is 6. The number of pyridine rings is 1. The highest BCUT2D eigenvalue weighted by molar-refractivity contribution is 14.2. The number of halogens is 2. The van der Waals surface area contributed by atoms with Crippen molar-refractivity contribution in [3.8, 4) is 11.4 Å². The van der Waals surface area contributed by atoms with E-state index in [9.17, 15) is 9.18 Å². The van der Waals surface area contributed by atoms with Gasteiger partial charge in [-0.05, 0) is 22.9 Å². The van der Waals surface area contributed by atoms with Gasteiger partial charge in [0.1, 0.15) is 22.8 Å². The first-order valence-electron chi connectivity index (χ1n) is 10.0. The third-order valence-electron chi connectivity index (χ3n) is 4.91. The molecule has 33 heavy (non-hydrogen) atoms. The van der Waals surface area contributed by atoms with Crippen molar-refractivity contribution in [2.45, 2.75) is 33.2 Å². The summed E-state index contributed by atoms with van der Waals surface area (Å²) in [6.07, 6.45) is 4.38. The van der Waals surface area contributed by atoms with Gasteiger partial charge in [-0.3, -0.25) is 3.97 Å². The first-order chi connectivity index (χ1) is 15.7. The SMILES string of the molecule is CC(C)(C)C(CC=O)Nc1nc(-c2cn(SI)c3ncc(F)cc23)nc2sccc12.COC. The van der Waals surface area contributed by atoms with Crippen molar-refractivity contribution in [1.82, 2.24) is 18.9 Å². The Labute approximate surface area is 212 Å². The Morgan fingerprint density at radius 1 is 1.33 bits per heavy atom. The molecule has 0 aliphatic rings. The molecule has 0 aliphatic heterocycles. The minimum absolute atomic E-state index is 0.0915. The number of anilines is 1. The molecule has 0 fully saturated rings. The topological polar surface area (TPSA) is 81.9 Å². The molecule has 0 amide bonds. The molecule has 11 heteroatoms. The van der Waals surface area contributed by atoms with Gasteiger partial charge in [-0.1, -0.05) is 20.8 Å². The number of aldehydes is 1. The van der Waals surface area contributed by atoms with Gasteiger partial charge in [-0.2, -0.15) is 0 Å². The molecule has 0 aromatic carbocycles. The van der Waals surface area contributed by atoms with Crippen LogP contribution in [0.25, 0.3) is 32.6 Å². The van der Waals surface area contributed by atoms with E-state index in [0.29, 0.717) is 34.7 Å². The van der Waals surface area contributed by atoms with Crippen molar-refractivity contribution in [3.05, 3.63) is 35.7 Å². The van der Waals surface area contributed by atoms with Crippen LogP contribution in [0.4, 0.5) is 10.2 Å². The normalized spacial score (nSPS) is 12.5. The first-order valence-corrected chi connectivity index (χ1v) is 14.2. The summed E-state index contributed by atoms with van der Waals surface area (Å²) < 4.78 is 20.1. The number of aromatic nitrogens is 4. The van der Waals surface area contributed by atoms with E-state index >= 15 is 0 Å². The molecule has 4 aromatic heterocycles. The molecule has 0 aliphatic carbocycles. The molecule has 1 unspecified atom stereocenters. The Balaban J connectivity index is 0.000000968. The summed E-state index contributed by atoms with van der Waals surface area (Å²) in [6.45, 7) is 6.25. The molecule has 4 aromatic rings. The number of ether oxygens (including phenoxy) is 1. The molecule has 0 spiro atoms. The van der Waals surface area contributed by atoms with Crippen molar-refractivity contribution >= 4 is 75.0 Å². The predicted molar refractivity (Wildman–Crippen MR) is 144 cm³/mol. The second-order valence-electron chi connectivity index (χ2n) is 8.37. The fourth-order valence-corrected chi connectivity index (χ4v) is 5.28. The predicted octanol–water partition coefficient (Wildman–Crippen LogP) is 6.37. The number of methoxy groups -OCH3 is 1. The molecule has 1 atom stereocenters. The molecule has 176 valence electrons. The van der Waals surface area contributed by atoms with Crippen molar-refractivity contribution in [2.24, 2.45) is 5.41 Å². The Morgan fingerprint density at radius 2 is 2.06 bits per heavy atom. The summed E-state index contributed by atoms with van der Waals surface area (Å²) in [6, 6.07) is 3.34. The largest absolute Gasteiger partial charge is 0.388 e. The zero-order valence-corrected chi connectivity index (χ0v) is 22.7. The van der Waals surface area contributed by atoms with E-state index in [2.05, 4.69) is 57.0 Å². The fourth-order valence-electron chi connectivity index (χ4n) is 3.26. The van der Waals surface area contributed by atoms with E-state index in [1.807, 2.05) is 21.6 Å².